The minimum absolute atomic E-state index is 0. The van der Waals surface area contributed by atoms with Crippen molar-refractivity contribution in [3.63, 3.8) is 0 Å². The Morgan fingerprint density at radius 3 is 1.82 bits per heavy atom. The number of rotatable bonds is 2. The van der Waals surface area contributed by atoms with Crippen molar-refractivity contribution in [1.82, 2.24) is 0 Å². The van der Waals surface area contributed by atoms with E-state index in [-0.39, 0.29) is 25.3 Å². The summed E-state index contributed by atoms with van der Waals surface area (Å²) in [5.74, 6) is 0. The normalized spacial score (nSPS) is 21.5. The summed E-state index contributed by atoms with van der Waals surface area (Å²) < 4.78 is 0. The van der Waals surface area contributed by atoms with Gasteiger partial charge in [-0.05, 0) is 48.3 Å². The van der Waals surface area contributed by atoms with Crippen LogP contribution in [0.15, 0.2) is 84.9 Å². The third-order valence-corrected chi connectivity index (χ3v) is 15.5. The molecule has 3 aromatic carbocycles. The second-order valence-corrected chi connectivity index (χ2v) is 14.6. The SMILES string of the molecule is [CH2]C.[CH2]C.[HH].[S]P1(c2ccccc2)=C[P+]([S-])(c2ccccc2)c2ccccc21.[Sn]. The predicted octanol–water partition coefficient (Wildman–Crippen LogP) is 5.52. The summed E-state index contributed by atoms with van der Waals surface area (Å²) in [5.41, 5.74) is 2.38. The van der Waals surface area contributed by atoms with Crippen molar-refractivity contribution in [2.45, 2.75) is 13.8 Å². The molecule has 1 aliphatic rings. The summed E-state index contributed by atoms with van der Waals surface area (Å²) >= 11 is 12.5. The molecular weight excluding hydrogens is 521 g/mol. The molecule has 3 aromatic rings. The van der Waals surface area contributed by atoms with Crippen molar-refractivity contribution in [2.75, 3.05) is 0 Å². The maximum absolute atomic E-state index is 6.25. The van der Waals surface area contributed by atoms with Crippen LogP contribution >= 0.6 is 24.8 Å². The van der Waals surface area contributed by atoms with E-state index >= 15 is 0 Å². The molecule has 0 nitrogen and oxygen atoms in total. The third-order valence-electron chi connectivity index (χ3n) is 4.20. The van der Waals surface area contributed by atoms with Crippen LogP contribution in [0.2, 0.25) is 0 Å². The zero-order valence-electron chi connectivity index (χ0n) is 16.3. The van der Waals surface area contributed by atoms with Crippen molar-refractivity contribution < 1.29 is 1.43 Å². The molecule has 0 N–H and O–H groups in total. The summed E-state index contributed by atoms with van der Waals surface area (Å²) in [6.07, 6.45) is -1.95. The monoisotopic (exact) mass is 549 g/mol. The molecule has 1 heterocycles. The largest absolute Gasteiger partial charge is 0.541 e. The molecule has 0 amide bonds. The van der Waals surface area contributed by atoms with Crippen LogP contribution in [0.5, 0.6) is 0 Å². The summed E-state index contributed by atoms with van der Waals surface area (Å²) in [7, 11) is 0. The topological polar surface area (TPSA) is 0 Å². The van der Waals surface area contributed by atoms with Crippen molar-refractivity contribution in [2.24, 2.45) is 0 Å². The molecule has 2 unspecified atom stereocenters. The van der Waals surface area contributed by atoms with Crippen molar-refractivity contribution in [1.29, 1.82) is 0 Å². The van der Waals surface area contributed by atoms with Crippen molar-refractivity contribution in [3.05, 3.63) is 98.8 Å². The van der Waals surface area contributed by atoms with Crippen LogP contribution in [0.4, 0.5) is 0 Å². The zero-order valence-corrected chi connectivity index (χ0v) is 22.6. The average Bonchev–Trinajstić information content (AvgIpc) is 3.02. The van der Waals surface area contributed by atoms with Crippen LogP contribution in [0.3, 0.4) is 0 Å². The molecule has 0 aromatic heterocycles. The molecule has 1 aliphatic heterocycles. The Hall–Kier alpha value is -0.111. The summed E-state index contributed by atoms with van der Waals surface area (Å²) in [5, 5.41) is 5.05. The molecule has 2 atom stereocenters. The molecule has 0 spiro atoms. The molecule has 145 valence electrons. The van der Waals surface area contributed by atoms with E-state index in [4.69, 9.17) is 24.5 Å². The van der Waals surface area contributed by atoms with Gasteiger partial charge in [0.15, 0.2) is 0 Å². The number of fused-ring (bicyclic) bond motifs is 1. The average molecular weight is 548 g/mol. The van der Waals surface area contributed by atoms with Gasteiger partial charge in [0.1, 0.15) is 0 Å². The number of benzene rings is 3. The van der Waals surface area contributed by atoms with Gasteiger partial charge in [0, 0.05) is 36.7 Å². The van der Waals surface area contributed by atoms with Gasteiger partial charge in [-0.25, -0.2) is 0 Å². The van der Waals surface area contributed by atoms with Gasteiger partial charge in [-0.15, -0.1) is 0 Å². The van der Waals surface area contributed by atoms with E-state index in [9.17, 15) is 0 Å². The molecule has 5 heteroatoms. The van der Waals surface area contributed by atoms with Crippen LogP contribution < -0.4 is 21.2 Å². The molecule has 0 saturated heterocycles. The van der Waals surface area contributed by atoms with Crippen molar-refractivity contribution >= 4 is 87.7 Å². The van der Waals surface area contributed by atoms with Crippen LogP contribution in [0.25, 0.3) is 0 Å². The Morgan fingerprint density at radius 2 is 1.25 bits per heavy atom. The van der Waals surface area contributed by atoms with E-state index in [1.807, 2.05) is 12.1 Å². The van der Waals surface area contributed by atoms with Gasteiger partial charge < -0.3 is 12.2 Å². The Morgan fingerprint density at radius 1 is 0.786 bits per heavy atom. The second kappa shape index (κ2) is 11.9. The van der Waals surface area contributed by atoms with Crippen LogP contribution in [0.1, 0.15) is 15.3 Å². The fourth-order valence-corrected chi connectivity index (χ4v) is 16.3. The fraction of sp³-hybridized carbons (Fsp3) is 0.0870. The van der Waals surface area contributed by atoms with E-state index in [0.717, 1.165) is 0 Å². The molecule has 0 fully saturated rings. The van der Waals surface area contributed by atoms with Crippen LogP contribution in [0, 0.1) is 13.8 Å². The van der Waals surface area contributed by atoms with Gasteiger partial charge in [0.25, 0.3) is 0 Å². The minimum atomic E-state index is -1.95. The first-order valence-electron chi connectivity index (χ1n) is 8.84. The quantitative estimate of drug-likeness (QED) is 0.231. The van der Waals surface area contributed by atoms with Gasteiger partial charge in [-0.1, -0.05) is 88.4 Å². The number of hydrogen-bond acceptors (Lipinski definition) is 1. The summed E-state index contributed by atoms with van der Waals surface area (Å²) in [4.78, 5) is 0. The number of hydrogen-bond donors (Lipinski definition) is 0. The van der Waals surface area contributed by atoms with Gasteiger partial charge in [0.05, 0.1) is 16.1 Å². The summed E-state index contributed by atoms with van der Waals surface area (Å²) in [6, 6.07) is 29.6. The first-order valence-corrected chi connectivity index (χ1v) is 14.6. The van der Waals surface area contributed by atoms with E-state index in [1.165, 1.54) is 21.2 Å². The Bertz CT molecular complexity index is 920. The summed E-state index contributed by atoms with van der Waals surface area (Å²) in [6.45, 7) is 8.05. The van der Waals surface area contributed by atoms with Gasteiger partial charge >= 0.3 is 0 Å². The Kier molecular flexibility index (Phi) is 11.0. The molecule has 7 radical (unpaired) electrons. The Labute approximate surface area is 200 Å². The zero-order chi connectivity index (χ0) is 19.9. The van der Waals surface area contributed by atoms with E-state index in [1.54, 1.807) is 13.8 Å². The van der Waals surface area contributed by atoms with Gasteiger partial charge in [-0.2, -0.15) is 0 Å². The van der Waals surface area contributed by atoms with Crippen LogP contribution in [-0.2, 0) is 12.2 Å². The Balaban J connectivity index is 0.00000123. The molecule has 0 aliphatic carbocycles. The second-order valence-electron chi connectivity index (χ2n) is 5.59. The first-order chi connectivity index (χ1) is 13.1. The maximum atomic E-state index is 6.25. The third kappa shape index (κ3) is 4.96. The van der Waals surface area contributed by atoms with E-state index in [0.29, 0.717) is 0 Å². The van der Waals surface area contributed by atoms with Crippen LogP contribution in [-0.4, -0.2) is 29.4 Å². The fourth-order valence-electron chi connectivity index (χ4n) is 3.09. The van der Waals surface area contributed by atoms with E-state index < -0.39 is 12.6 Å². The smallest absolute Gasteiger partial charge is 0.0912 e. The standard InChI is InChI=1S/C19H15P2S2.2C2H5.Sn.H2/c22-20(16-9-3-1-4-10-16)15-21(23,17-11-5-2-6-12-17)19-14-8-7-13-18(19)20;2*1-2;;/h1-15H;2*1H2,2H3;;1H. The van der Waals surface area contributed by atoms with Gasteiger partial charge in [-0.3, -0.25) is 0 Å². The molecule has 0 saturated carbocycles. The molecule has 0 bridgehead atoms. The minimum Gasteiger partial charge on any atom is -0.541 e. The van der Waals surface area contributed by atoms with E-state index in [2.05, 4.69) is 92.2 Å². The predicted molar refractivity (Wildman–Crippen MR) is 143 cm³/mol. The first kappa shape index (κ1) is 25.9. The van der Waals surface area contributed by atoms with Gasteiger partial charge in [0.2, 0.25) is 0 Å². The maximum Gasteiger partial charge on any atom is 0.0912 e. The molecule has 28 heavy (non-hydrogen) atoms. The molecule has 4 rings (SSSR count). The van der Waals surface area contributed by atoms with Crippen molar-refractivity contribution in [3.8, 4) is 0 Å². The molecular formula is C23H27P2S2Sn.